The van der Waals surface area contributed by atoms with Gasteiger partial charge >= 0.3 is 0 Å². The summed E-state index contributed by atoms with van der Waals surface area (Å²) in [6.45, 7) is 2.08. The van der Waals surface area contributed by atoms with Crippen molar-refractivity contribution in [1.82, 2.24) is 20.5 Å². The van der Waals surface area contributed by atoms with E-state index >= 15 is 0 Å². The Labute approximate surface area is 90.9 Å². The van der Waals surface area contributed by atoms with Gasteiger partial charge in [0.25, 0.3) is 0 Å². The van der Waals surface area contributed by atoms with E-state index in [0.717, 1.165) is 11.6 Å². The topological polar surface area (TPSA) is 53.6 Å². The number of hydrogen-bond donors (Lipinski definition) is 2. The van der Waals surface area contributed by atoms with Gasteiger partial charge in [-0.1, -0.05) is 19.3 Å². The van der Waals surface area contributed by atoms with E-state index in [1.807, 2.05) is 7.05 Å². The highest BCUT2D eigenvalue weighted by atomic mass is 15.2. The third-order valence-corrected chi connectivity index (χ3v) is 3.33. The SMILES string of the molecule is CNC(C)c1n[nH]c(C2CCCCC2)n1. The van der Waals surface area contributed by atoms with Crippen molar-refractivity contribution < 1.29 is 0 Å². The van der Waals surface area contributed by atoms with Crippen LogP contribution >= 0.6 is 0 Å². The number of aromatic nitrogens is 3. The van der Waals surface area contributed by atoms with Gasteiger partial charge in [-0.15, -0.1) is 0 Å². The van der Waals surface area contributed by atoms with Gasteiger partial charge in [0.1, 0.15) is 5.82 Å². The predicted octanol–water partition coefficient (Wildman–Crippen LogP) is 2.13. The van der Waals surface area contributed by atoms with E-state index in [1.54, 1.807) is 0 Å². The zero-order chi connectivity index (χ0) is 10.7. The number of rotatable bonds is 3. The standard InChI is InChI=1S/C11H20N4/c1-8(12-2)10-13-11(15-14-10)9-6-4-3-5-7-9/h8-9,12H,3-7H2,1-2H3,(H,13,14,15). The van der Waals surface area contributed by atoms with Crippen LogP contribution < -0.4 is 5.32 Å². The molecule has 0 radical (unpaired) electrons. The Morgan fingerprint density at radius 2 is 2.07 bits per heavy atom. The van der Waals surface area contributed by atoms with Gasteiger partial charge in [0.05, 0.1) is 6.04 Å². The van der Waals surface area contributed by atoms with Gasteiger partial charge in [0.2, 0.25) is 0 Å². The fourth-order valence-corrected chi connectivity index (χ4v) is 2.17. The minimum absolute atomic E-state index is 0.235. The quantitative estimate of drug-likeness (QED) is 0.800. The van der Waals surface area contributed by atoms with Crippen LogP contribution in [-0.4, -0.2) is 22.2 Å². The molecule has 1 fully saturated rings. The lowest BCUT2D eigenvalue weighted by molar-refractivity contribution is 0.429. The summed E-state index contributed by atoms with van der Waals surface area (Å²) in [5.74, 6) is 2.59. The highest BCUT2D eigenvalue weighted by molar-refractivity contribution is 5.01. The lowest BCUT2D eigenvalue weighted by Crippen LogP contribution is -2.14. The second-order valence-corrected chi connectivity index (χ2v) is 4.42. The van der Waals surface area contributed by atoms with Gasteiger partial charge in [-0.2, -0.15) is 5.10 Å². The number of H-pyrrole nitrogens is 1. The molecule has 0 spiro atoms. The van der Waals surface area contributed by atoms with Crippen molar-refractivity contribution in [2.75, 3.05) is 7.05 Å². The van der Waals surface area contributed by atoms with Crippen LogP contribution in [0.4, 0.5) is 0 Å². The molecule has 2 rings (SSSR count). The van der Waals surface area contributed by atoms with Crippen LogP contribution in [0.25, 0.3) is 0 Å². The summed E-state index contributed by atoms with van der Waals surface area (Å²) in [7, 11) is 1.93. The largest absolute Gasteiger partial charge is 0.311 e. The summed E-state index contributed by atoms with van der Waals surface area (Å²) in [6, 6.07) is 0.235. The predicted molar refractivity (Wildman–Crippen MR) is 59.7 cm³/mol. The number of nitrogens with zero attached hydrogens (tertiary/aromatic N) is 2. The summed E-state index contributed by atoms with van der Waals surface area (Å²) in [5.41, 5.74) is 0. The van der Waals surface area contributed by atoms with Crippen LogP contribution in [0.5, 0.6) is 0 Å². The van der Waals surface area contributed by atoms with Gasteiger partial charge < -0.3 is 5.32 Å². The number of hydrogen-bond acceptors (Lipinski definition) is 3. The zero-order valence-corrected chi connectivity index (χ0v) is 9.58. The smallest absolute Gasteiger partial charge is 0.167 e. The average molecular weight is 208 g/mol. The molecular formula is C11H20N4. The first kappa shape index (κ1) is 10.6. The van der Waals surface area contributed by atoms with Crippen molar-refractivity contribution in [2.24, 2.45) is 0 Å². The highest BCUT2D eigenvalue weighted by Gasteiger charge is 2.20. The van der Waals surface area contributed by atoms with E-state index in [9.17, 15) is 0 Å². The van der Waals surface area contributed by atoms with Gasteiger partial charge in [-0.3, -0.25) is 5.10 Å². The van der Waals surface area contributed by atoms with Crippen molar-refractivity contribution in [3.8, 4) is 0 Å². The summed E-state index contributed by atoms with van der Waals surface area (Å²) in [5, 5.41) is 10.5. The molecule has 0 aliphatic heterocycles. The van der Waals surface area contributed by atoms with Crippen molar-refractivity contribution in [2.45, 2.75) is 51.0 Å². The lowest BCUT2D eigenvalue weighted by atomic mass is 9.89. The fourth-order valence-electron chi connectivity index (χ4n) is 2.17. The maximum Gasteiger partial charge on any atom is 0.167 e. The Kier molecular flexibility index (Phi) is 3.36. The normalized spacial score (nSPS) is 20.4. The Morgan fingerprint density at radius 1 is 1.33 bits per heavy atom. The van der Waals surface area contributed by atoms with Gasteiger partial charge in [0, 0.05) is 5.92 Å². The molecule has 1 aromatic heterocycles. The van der Waals surface area contributed by atoms with Gasteiger partial charge in [0.15, 0.2) is 5.82 Å². The Hall–Kier alpha value is -0.900. The van der Waals surface area contributed by atoms with Crippen molar-refractivity contribution in [3.05, 3.63) is 11.6 Å². The molecule has 1 atom stereocenters. The lowest BCUT2D eigenvalue weighted by Gasteiger charge is -2.18. The molecule has 0 bridgehead atoms. The second kappa shape index (κ2) is 4.75. The number of nitrogens with one attached hydrogen (secondary N) is 2. The van der Waals surface area contributed by atoms with Crippen LogP contribution in [0.1, 0.15) is 62.6 Å². The third kappa shape index (κ3) is 2.37. The van der Waals surface area contributed by atoms with E-state index in [1.165, 1.54) is 32.1 Å². The molecule has 4 heteroatoms. The third-order valence-electron chi connectivity index (χ3n) is 3.33. The number of aromatic amines is 1. The first-order valence-electron chi connectivity index (χ1n) is 5.90. The van der Waals surface area contributed by atoms with Crippen LogP contribution in [-0.2, 0) is 0 Å². The molecular weight excluding hydrogens is 188 g/mol. The van der Waals surface area contributed by atoms with E-state index in [0.29, 0.717) is 5.92 Å². The van der Waals surface area contributed by atoms with Crippen LogP contribution in [0.3, 0.4) is 0 Å². The Morgan fingerprint density at radius 3 is 2.73 bits per heavy atom. The van der Waals surface area contributed by atoms with Crippen LogP contribution in [0, 0.1) is 0 Å². The summed E-state index contributed by atoms with van der Waals surface area (Å²) in [4.78, 5) is 4.58. The van der Waals surface area contributed by atoms with Crippen LogP contribution in [0.15, 0.2) is 0 Å². The average Bonchev–Trinajstić information content (AvgIpc) is 2.78. The van der Waals surface area contributed by atoms with Crippen molar-refractivity contribution in [3.63, 3.8) is 0 Å². The molecule has 1 aliphatic carbocycles. The van der Waals surface area contributed by atoms with Crippen molar-refractivity contribution >= 4 is 0 Å². The molecule has 1 heterocycles. The molecule has 1 saturated carbocycles. The molecule has 1 unspecified atom stereocenters. The summed E-state index contributed by atoms with van der Waals surface area (Å²) in [6.07, 6.45) is 6.58. The minimum Gasteiger partial charge on any atom is -0.311 e. The second-order valence-electron chi connectivity index (χ2n) is 4.42. The molecule has 84 valence electrons. The Balaban J connectivity index is 2.05. The minimum atomic E-state index is 0.235. The summed E-state index contributed by atoms with van der Waals surface area (Å²) >= 11 is 0. The molecule has 0 aromatic carbocycles. The van der Waals surface area contributed by atoms with Gasteiger partial charge in [-0.05, 0) is 26.8 Å². The maximum atomic E-state index is 4.58. The molecule has 4 nitrogen and oxygen atoms in total. The molecule has 1 aliphatic rings. The zero-order valence-electron chi connectivity index (χ0n) is 9.58. The molecule has 15 heavy (non-hydrogen) atoms. The monoisotopic (exact) mass is 208 g/mol. The van der Waals surface area contributed by atoms with Crippen LogP contribution in [0.2, 0.25) is 0 Å². The molecule has 1 aromatic rings. The maximum absolute atomic E-state index is 4.58. The van der Waals surface area contributed by atoms with E-state index in [2.05, 4.69) is 27.4 Å². The first-order valence-corrected chi connectivity index (χ1v) is 5.90. The molecule has 0 saturated heterocycles. The van der Waals surface area contributed by atoms with E-state index in [4.69, 9.17) is 0 Å². The van der Waals surface area contributed by atoms with E-state index in [-0.39, 0.29) is 6.04 Å². The first-order chi connectivity index (χ1) is 7.31. The molecule has 2 N–H and O–H groups in total. The molecule has 0 amide bonds. The Bertz CT molecular complexity index is 301. The highest BCUT2D eigenvalue weighted by Crippen LogP contribution is 2.30. The summed E-state index contributed by atoms with van der Waals surface area (Å²) < 4.78 is 0. The fraction of sp³-hybridized carbons (Fsp3) is 0.818. The van der Waals surface area contributed by atoms with Crippen molar-refractivity contribution in [1.29, 1.82) is 0 Å². The van der Waals surface area contributed by atoms with E-state index < -0.39 is 0 Å². The van der Waals surface area contributed by atoms with Gasteiger partial charge in [-0.25, -0.2) is 4.98 Å².